The van der Waals surface area contributed by atoms with E-state index >= 15 is 0 Å². The van der Waals surface area contributed by atoms with Crippen molar-refractivity contribution in [1.29, 1.82) is 0 Å². The SMILES string of the molecule is CF.FC(F)(F)c1ccn2c(C3=NC(NC4CCNC4)=CNC3)cnc2c1. The van der Waals surface area contributed by atoms with Gasteiger partial charge in [0.1, 0.15) is 11.5 Å². The number of rotatable bonds is 3. The third-order valence-corrected chi connectivity index (χ3v) is 4.31. The first-order chi connectivity index (χ1) is 13.0. The summed E-state index contributed by atoms with van der Waals surface area (Å²) in [5.74, 6) is 0.719. The highest BCUT2D eigenvalue weighted by Crippen LogP contribution is 2.29. The predicted molar refractivity (Wildman–Crippen MR) is 94.3 cm³/mol. The van der Waals surface area contributed by atoms with E-state index < -0.39 is 11.7 Å². The van der Waals surface area contributed by atoms with Crippen LogP contribution >= 0.6 is 0 Å². The first-order valence-corrected chi connectivity index (χ1v) is 8.41. The van der Waals surface area contributed by atoms with Crippen LogP contribution in [0.3, 0.4) is 0 Å². The first-order valence-electron chi connectivity index (χ1n) is 8.41. The lowest BCUT2D eigenvalue weighted by Gasteiger charge is -2.18. The summed E-state index contributed by atoms with van der Waals surface area (Å²) < 4.78 is 49.6. The summed E-state index contributed by atoms with van der Waals surface area (Å²) in [6.45, 7) is 2.35. The zero-order valence-corrected chi connectivity index (χ0v) is 14.6. The lowest BCUT2D eigenvalue weighted by Crippen LogP contribution is -2.34. The van der Waals surface area contributed by atoms with Crippen LogP contribution in [0.1, 0.15) is 17.7 Å². The van der Waals surface area contributed by atoms with Crippen LogP contribution < -0.4 is 16.0 Å². The molecule has 2 aliphatic heterocycles. The summed E-state index contributed by atoms with van der Waals surface area (Å²) in [5, 5.41) is 9.79. The van der Waals surface area contributed by atoms with Gasteiger partial charge in [-0.25, -0.2) is 9.98 Å². The van der Waals surface area contributed by atoms with Crippen LogP contribution in [-0.2, 0) is 6.18 Å². The molecule has 0 aliphatic carbocycles. The topological polar surface area (TPSA) is 65.8 Å². The highest BCUT2D eigenvalue weighted by atomic mass is 19.4. The van der Waals surface area contributed by atoms with E-state index in [9.17, 15) is 17.6 Å². The molecule has 4 heterocycles. The molecule has 6 nitrogen and oxygen atoms in total. The highest BCUT2D eigenvalue weighted by molar-refractivity contribution is 6.02. The van der Waals surface area contributed by atoms with Crippen LogP contribution in [0.2, 0.25) is 0 Å². The van der Waals surface area contributed by atoms with E-state index in [-0.39, 0.29) is 5.65 Å². The molecule has 146 valence electrons. The number of pyridine rings is 1. The minimum absolute atomic E-state index is 0.247. The number of hydrogen-bond donors (Lipinski definition) is 3. The van der Waals surface area contributed by atoms with Crippen molar-refractivity contribution in [2.24, 2.45) is 4.99 Å². The van der Waals surface area contributed by atoms with E-state index in [1.807, 2.05) is 6.20 Å². The first kappa shape index (κ1) is 19.2. The molecule has 0 saturated carbocycles. The number of nitrogens with zero attached hydrogens (tertiary/aromatic N) is 3. The Bertz CT molecular complexity index is 849. The van der Waals surface area contributed by atoms with Crippen molar-refractivity contribution >= 4 is 11.4 Å². The van der Waals surface area contributed by atoms with Gasteiger partial charge in [-0.2, -0.15) is 13.2 Å². The van der Waals surface area contributed by atoms with Crippen molar-refractivity contribution in [3.8, 4) is 0 Å². The van der Waals surface area contributed by atoms with E-state index in [1.165, 1.54) is 6.20 Å². The van der Waals surface area contributed by atoms with Crippen LogP contribution in [0.4, 0.5) is 17.6 Å². The largest absolute Gasteiger partial charge is 0.416 e. The molecule has 1 atom stereocenters. The minimum Gasteiger partial charge on any atom is -0.382 e. The lowest BCUT2D eigenvalue weighted by atomic mass is 10.2. The molecule has 3 N–H and O–H groups in total. The molecule has 4 rings (SSSR count). The molecule has 2 aliphatic rings. The van der Waals surface area contributed by atoms with Gasteiger partial charge in [0.2, 0.25) is 0 Å². The molecule has 2 aromatic rings. The number of fused-ring (bicyclic) bond motifs is 1. The molecule has 1 saturated heterocycles. The Morgan fingerprint density at radius 1 is 1.30 bits per heavy atom. The Morgan fingerprint density at radius 3 is 2.81 bits per heavy atom. The van der Waals surface area contributed by atoms with Gasteiger partial charge in [0.25, 0.3) is 0 Å². The quantitative estimate of drug-likeness (QED) is 0.709. The lowest BCUT2D eigenvalue weighted by molar-refractivity contribution is -0.137. The molecule has 2 aromatic heterocycles. The van der Waals surface area contributed by atoms with Gasteiger partial charge in [-0.15, -0.1) is 0 Å². The fourth-order valence-corrected chi connectivity index (χ4v) is 3.04. The van der Waals surface area contributed by atoms with E-state index in [1.54, 1.807) is 10.6 Å². The van der Waals surface area contributed by atoms with Gasteiger partial charge in [-0.05, 0) is 25.1 Å². The van der Waals surface area contributed by atoms with Gasteiger partial charge < -0.3 is 16.0 Å². The average molecular weight is 384 g/mol. The van der Waals surface area contributed by atoms with Gasteiger partial charge in [0, 0.05) is 25.0 Å². The van der Waals surface area contributed by atoms with Gasteiger partial charge in [0.05, 0.1) is 36.9 Å². The monoisotopic (exact) mass is 384 g/mol. The predicted octanol–water partition coefficient (Wildman–Crippen LogP) is 2.08. The fourth-order valence-electron chi connectivity index (χ4n) is 3.04. The second-order valence-corrected chi connectivity index (χ2v) is 6.09. The molecular formula is C17H20F4N6. The Kier molecular flexibility index (Phi) is 5.64. The normalized spacial score (nSPS) is 19.7. The van der Waals surface area contributed by atoms with Gasteiger partial charge in [-0.3, -0.25) is 8.79 Å². The Morgan fingerprint density at radius 2 is 2.11 bits per heavy atom. The van der Waals surface area contributed by atoms with Crippen molar-refractivity contribution in [3.63, 3.8) is 0 Å². The van der Waals surface area contributed by atoms with E-state index in [0.717, 1.165) is 43.2 Å². The number of halogens is 4. The van der Waals surface area contributed by atoms with Gasteiger partial charge in [0.15, 0.2) is 0 Å². The van der Waals surface area contributed by atoms with Crippen molar-refractivity contribution in [1.82, 2.24) is 25.3 Å². The summed E-state index contributed by atoms with van der Waals surface area (Å²) in [6.07, 6.45) is 1.39. The van der Waals surface area contributed by atoms with Gasteiger partial charge in [-0.1, -0.05) is 0 Å². The van der Waals surface area contributed by atoms with E-state index in [4.69, 9.17) is 0 Å². The van der Waals surface area contributed by atoms with Crippen LogP contribution in [0.5, 0.6) is 0 Å². The molecule has 0 radical (unpaired) electrons. The van der Waals surface area contributed by atoms with Crippen LogP contribution in [0.15, 0.2) is 41.5 Å². The summed E-state index contributed by atoms with van der Waals surface area (Å²) in [5.41, 5.74) is 0.935. The number of aliphatic imine (C=N–C) groups is 1. The third kappa shape index (κ3) is 4.21. The standard InChI is InChI=1S/C16H17F3N6.CH3F/c17-16(18,19)10-2-4-25-13(8-22-15(25)5-10)12-7-21-9-14(24-12)23-11-1-3-20-6-11;1-2/h2,4-5,8-9,11,20-21,23H,1,3,6-7H2;1H3. The van der Waals surface area contributed by atoms with Crippen LogP contribution in [0.25, 0.3) is 5.65 Å². The molecule has 27 heavy (non-hydrogen) atoms. The number of aromatic nitrogens is 2. The van der Waals surface area contributed by atoms with Crippen LogP contribution in [-0.4, -0.2) is 47.9 Å². The number of imidazole rings is 1. The Labute approximate surface area is 153 Å². The summed E-state index contributed by atoms with van der Waals surface area (Å²) in [6, 6.07) is 2.42. The summed E-state index contributed by atoms with van der Waals surface area (Å²) >= 11 is 0. The third-order valence-electron chi connectivity index (χ3n) is 4.31. The molecule has 0 aromatic carbocycles. The summed E-state index contributed by atoms with van der Waals surface area (Å²) in [7, 11) is 0.500. The van der Waals surface area contributed by atoms with Crippen molar-refractivity contribution in [2.75, 3.05) is 26.8 Å². The number of hydrogen-bond acceptors (Lipinski definition) is 5. The maximum Gasteiger partial charge on any atom is 0.416 e. The van der Waals surface area contributed by atoms with E-state index in [0.29, 0.717) is 25.5 Å². The maximum atomic E-state index is 12.8. The molecule has 0 bridgehead atoms. The smallest absolute Gasteiger partial charge is 0.382 e. The zero-order valence-electron chi connectivity index (χ0n) is 14.6. The highest BCUT2D eigenvalue weighted by Gasteiger charge is 2.31. The molecule has 1 unspecified atom stereocenters. The van der Waals surface area contributed by atoms with E-state index in [2.05, 4.69) is 25.9 Å². The Balaban J connectivity index is 0.00000102. The average Bonchev–Trinajstić information content (AvgIpc) is 3.32. The summed E-state index contributed by atoms with van der Waals surface area (Å²) in [4.78, 5) is 8.70. The molecule has 1 fully saturated rings. The molecule has 0 amide bonds. The molecule has 10 heteroatoms. The molecule has 0 spiro atoms. The van der Waals surface area contributed by atoms with Gasteiger partial charge >= 0.3 is 6.18 Å². The van der Waals surface area contributed by atoms with Crippen LogP contribution in [0, 0.1) is 0 Å². The molecular weight excluding hydrogens is 364 g/mol. The number of nitrogens with one attached hydrogen (secondary N) is 3. The zero-order chi connectivity index (χ0) is 19.4. The number of alkyl halides is 4. The van der Waals surface area contributed by atoms with Crippen molar-refractivity contribution in [2.45, 2.75) is 18.6 Å². The second kappa shape index (κ2) is 7.95. The Hall–Kier alpha value is -2.62. The van der Waals surface area contributed by atoms with Crippen molar-refractivity contribution < 1.29 is 17.6 Å². The fraction of sp³-hybridized carbons (Fsp3) is 0.412. The maximum absolute atomic E-state index is 12.8. The second-order valence-electron chi connectivity index (χ2n) is 6.09. The van der Waals surface area contributed by atoms with Crippen molar-refractivity contribution in [3.05, 3.63) is 47.8 Å². The minimum atomic E-state index is -4.38.